The van der Waals surface area contributed by atoms with Crippen molar-refractivity contribution in [1.29, 1.82) is 0 Å². The largest absolute Gasteiger partial charge is 0.508 e. The van der Waals surface area contributed by atoms with Crippen molar-refractivity contribution < 1.29 is 43.2 Å². The Morgan fingerprint density at radius 2 is 1.46 bits per heavy atom. The minimum absolute atomic E-state index is 0.00540. The number of aliphatic carboxylic acids is 1. The van der Waals surface area contributed by atoms with Gasteiger partial charge in [-0.1, -0.05) is 46.6 Å². The highest BCUT2D eigenvalue weighted by Crippen LogP contribution is 2.37. The lowest BCUT2D eigenvalue weighted by Crippen LogP contribution is -2.42. The quantitative estimate of drug-likeness (QED) is 0.225. The van der Waals surface area contributed by atoms with Gasteiger partial charge in [-0.25, -0.2) is 4.79 Å². The van der Waals surface area contributed by atoms with Crippen molar-refractivity contribution in [3.8, 4) is 11.5 Å². The summed E-state index contributed by atoms with van der Waals surface area (Å²) >= 11 is 0. The number of unbranched alkanes of at least 4 members (excludes halogenated alkanes) is 2. The number of benzene rings is 1. The average molecular weight is 524 g/mol. The molecule has 1 aromatic carbocycles. The predicted molar refractivity (Wildman–Crippen MR) is 136 cm³/mol. The van der Waals surface area contributed by atoms with Crippen LogP contribution in [0.25, 0.3) is 0 Å². The van der Waals surface area contributed by atoms with Gasteiger partial charge in [0.1, 0.15) is 12.1 Å². The van der Waals surface area contributed by atoms with Crippen molar-refractivity contribution in [2.24, 2.45) is 11.7 Å². The maximum Gasteiger partial charge on any atom is 0.508 e. The molecule has 0 spiro atoms. The summed E-state index contributed by atoms with van der Waals surface area (Å²) in [5.74, 6) is -3.60. The molecule has 0 fully saturated rings. The Hall–Kier alpha value is -3.14. The lowest BCUT2D eigenvalue weighted by atomic mass is 9.79. The molecule has 0 heterocycles. The molecule has 37 heavy (non-hydrogen) atoms. The number of hydrogen-bond donors (Lipinski definition) is 2. The lowest BCUT2D eigenvalue weighted by Gasteiger charge is -2.31. The molecule has 1 rings (SSSR count). The Morgan fingerprint density at radius 1 is 0.892 bits per heavy atom. The Bertz CT molecular complexity index is 902. The van der Waals surface area contributed by atoms with Crippen molar-refractivity contribution in [2.45, 2.75) is 97.6 Å². The van der Waals surface area contributed by atoms with Gasteiger partial charge >= 0.3 is 24.1 Å². The zero-order valence-corrected chi connectivity index (χ0v) is 22.5. The molecule has 0 amide bonds. The zero-order chi connectivity index (χ0) is 28.0. The van der Waals surface area contributed by atoms with E-state index in [9.17, 15) is 24.3 Å². The first kappa shape index (κ1) is 31.9. The molecule has 208 valence electrons. The predicted octanol–water partition coefficient (Wildman–Crippen LogP) is 4.96. The smallest absolute Gasteiger partial charge is 0.480 e. The number of esters is 2. The van der Waals surface area contributed by atoms with E-state index in [1.807, 2.05) is 20.8 Å². The molecular weight excluding hydrogens is 482 g/mol. The second-order valence-electron chi connectivity index (χ2n) is 9.03. The molecule has 0 saturated heterocycles. The summed E-state index contributed by atoms with van der Waals surface area (Å²) in [7, 11) is 0. The Kier molecular flexibility index (Phi) is 14.3. The fourth-order valence-corrected chi connectivity index (χ4v) is 3.65. The maximum absolute atomic E-state index is 12.4. The van der Waals surface area contributed by atoms with Crippen LogP contribution in [0.1, 0.15) is 91.0 Å². The maximum atomic E-state index is 12.4. The van der Waals surface area contributed by atoms with Crippen LogP contribution in [-0.2, 0) is 23.9 Å². The third kappa shape index (κ3) is 10.8. The van der Waals surface area contributed by atoms with Crippen LogP contribution in [0.4, 0.5) is 4.79 Å². The number of ether oxygens (including phenoxy) is 4. The van der Waals surface area contributed by atoms with E-state index in [1.54, 1.807) is 19.9 Å². The molecule has 0 aliphatic heterocycles. The summed E-state index contributed by atoms with van der Waals surface area (Å²) in [4.78, 5) is 48.5. The number of carboxylic acid groups (broad SMARTS) is 1. The van der Waals surface area contributed by atoms with Crippen molar-refractivity contribution in [1.82, 2.24) is 0 Å². The van der Waals surface area contributed by atoms with Crippen molar-refractivity contribution in [3.63, 3.8) is 0 Å². The summed E-state index contributed by atoms with van der Waals surface area (Å²) in [6.45, 7) is 9.26. The summed E-state index contributed by atoms with van der Waals surface area (Å²) < 4.78 is 21.3. The first-order chi connectivity index (χ1) is 17.5. The number of nitrogens with two attached hydrogens (primary N) is 1. The Morgan fingerprint density at radius 3 is 1.97 bits per heavy atom. The van der Waals surface area contributed by atoms with Crippen LogP contribution in [0.2, 0.25) is 0 Å². The van der Waals surface area contributed by atoms with Crippen molar-refractivity contribution in [2.75, 3.05) is 6.61 Å². The van der Waals surface area contributed by atoms with Gasteiger partial charge in [-0.2, -0.15) is 0 Å². The van der Waals surface area contributed by atoms with Gasteiger partial charge in [-0.3, -0.25) is 14.4 Å². The Balaban J connectivity index is 3.36. The molecule has 0 saturated carbocycles. The first-order valence-electron chi connectivity index (χ1n) is 12.9. The fourth-order valence-electron chi connectivity index (χ4n) is 3.65. The molecule has 3 unspecified atom stereocenters. The van der Waals surface area contributed by atoms with Crippen molar-refractivity contribution in [3.05, 3.63) is 23.8 Å². The summed E-state index contributed by atoms with van der Waals surface area (Å²) in [6, 6.07) is 3.11. The molecule has 0 radical (unpaired) electrons. The van der Waals surface area contributed by atoms with Gasteiger partial charge in [0.05, 0.1) is 6.61 Å². The number of rotatable bonds is 16. The van der Waals surface area contributed by atoms with Gasteiger partial charge < -0.3 is 29.8 Å². The second kappa shape index (κ2) is 16.6. The highest BCUT2D eigenvalue weighted by Gasteiger charge is 2.36. The average Bonchev–Trinajstić information content (AvgIpc) is 2.86. The van der Waals surface area contributed by atoms with E-state index in [0.717, 1.165) is 12.8 Å². The zero-order valence-electron chi connectivity index (χ0n) is 22.5. The van der Waals surface area contributed by atoms with Crippen LogP contribution in [0, 0.1) is 5.92 Å². The van der Waals surface area contributed by atoms with Crippen LogP contribution in [0.15, 0.2) is 18.2 Å². The summed E-state index contributed by atoms with van der Waals surface area (Å²) in [6.07, 6.45) is 2.26. The summed E-state index contributed by atoms with van der Waals surface area (Å²) in [5, 5.41) is 9.70. The van der Waals surface area contributed by atoms with Crippen LogP contribution >= 0.6 is 0 Å². The number of carbonyl (C=O) groups excluding carboxylic acids is 3. The van der Waals surface area contributed by atoms with Crippen molar-refractivity contribution >= 4 is 24.1 Å². The standard InChI is InChI=1S/C27H41NO9/c1-6-9-11-22(29)36-20-14-13-19(16-21(20)37-23(30)12-10-7-2)24(25(28)26(31)32)17(4)18(5)35-27(33)34-15-8-3/h13-14,16-18,24-25H,6-12,15,28H2,1-5H3,(H,31,32)/t17?,18?,24?,25-/m0/s1. The van der Waals surface area contributed by atoms with Crippen LogP contribution in [-0.4, -0.2) is 47.9 Å². The van der Waals surface area contributed by atoms with Crippen LogP contribution in [0.5, 0.6) is 11.5 Å². The second-order valence-corrected chi connectivity index (χ2v) is 9.03. The van der Waals surface area contributed by atoms with Gasteiger partial charge in [0.25, 0.3) is 0 Å². The van der Waals surface area contributed by atoms with E-state index in [1.165, 1.54) is 12.1 Å². The third-order valence-corrected chi connectivity index (χ3v) is 5.95. The molecule has 0 bridgehead atoms. The van der Waals surface area contributed by atoms with E-state index in [0.29, 0.717) is 24.8 Å². The molecule has 10 heteroatoms. The first-order valence-corrected chi connectivity index (χ1v) is 12.9. The van der Waals surface area contributed by atoms with Gasteiger partial charge in [0.2, 0.25) is 0 Å². The number of carboxylic acids is 1. The van der Waals surface area contributed by atoms with E-state index >= 15 is 0 Å². The van der Waals surface area contributed by atoms with Gasteiger partial charge in [-0.15, -0.1) is 0 Å². The van der Waals surface area contributed by atoms with Crippen LogP contribution in [0.3, 0.4) is 0 Å². The Labute approximate surface area is 218 Å². The minimum Gasteiger partial charge on any atom is -0.480 e. The third-order valence-electron chi connectivity index (χ3n) is 5.95. The molecule has 3 N–H and O–H groups in total. The lowest BCUT2D eigenvalue weighted by molar-refractivity contribution is -0.140. The normalized spacial score (nSPS) is 14.1. The molecule has 0 aliphatic carbocycles. The monoisotopic (exact) mass is 523 g/mol. The molecular formula is C27H41NO9. The fraction of sp³-hybridized carbons (Fsp3) is 0.630. The minimum atomic E-state index is -1.37. The number of hydrogen-bond acceptors (Lipinski definition) is 9. The molecule has 10 nitrogen and oxygen atoms in total. The molecule has 1 aromatic rings. The van der Waals surface area contributed by atoms with E-state index in [-0.39, 0.29) is 30.9 Å². The highest BCUT2D eigenvalue weighted by atomic mass is 16.7. The SMILES string of the molecule is CCCCC(=O)Oc1ccc(C(C(C)C(C)OC(=O)OCCC)[C@H](N)C(=O)O)cc1OC(=O)CCCC. The molecule has 0 aromatic heterocycles. The van der Waals surface area contributed by atoms with E-state index in [2.05, 4.69) is 0 Å². The topological polar surface area (TPSA) is 151 Å². The molecule has 4 atom stereocenters. The number of carbonyl (C=O) groups is 4. The highest BCUT2D eigenvalue weighted by molar-refractivity contribution is 5.77. The van der Waals surface area contributed by atoms with E-state index in [4.69, 9.17) is 24.7 Å². The van der Waals surface area contributed by atoms with Gasteiger partial charge in [-0.05, 0) is 43.9 Å². The summed E-state index contributed by atoms with van der Waals surface area (Å²) in [5.41, 5.74) is 6.49. The molecule has 0 aliphatic rings. The van der Waals surface area contributed by atoms with Gasteiger partial charge in [0.15, 0.2) is 11.5 Å². The van der Waals surface area contributed by atoms with Gasteiger partial charge in [0, 0.05) is 24.7 Å². The van der Waals surface area contributed by atoms with Crippen LogP contribution < -0.4 is 15.2 Å². The van der Waals surface area contributed by atoms with E-state index < -0.39 is 48.0 Å².